The van der Waals surface area contributed by atoms with E-state index in [0.29, 0.717) is 25.5 Å². The second-order valence-corrected chi connectivity index (χ2v) is 17.2. The molecule has 2 aliphatic carbocycles. The van der Waals surface area contributed by atoms with Crippen LogP contribution in [-0.2, 0) is 25.5 Å². The van der Waals surface area contributed by atoms with Crippen molar-refractivity contribution in [2.45, 2.75) is 91.5 Å². The molecule has 5 N–H and O–H groups in total. The van der Waals surface area contributed by atoms with E-state index in [0.717, 1.165) is 81.5 Å². The fourth-order valence-corrected chi connectivity index (χ4v) is 9.19. The number of aromatic amines is 1. The minimum absolute atomic E-state index is 0.196. The van der Waals surface area contributed by atoms with E-state index in [1.807, 2.05) is 47.6 Å². The lowest BCUT2D eigenvalue weighted by Crippen LogP contribution is -2.51. The van der Waals surface area contributed by atoms with Gasteiger partial charge in [0.1, 0.15) is 30.1 Å². The summed E-state index contributed by atoms with van der Waals surface area (Å²) < 4.78 is 9.64. The molecule has 14 nitrogen and oxygen atoms in total. The summed E-state index contributed by atoms with van der Waals surface area (Å²) >= 11 is 0. The van der Waals surface area contributed by atoms with Gasteiger partial charge in [-0.1, -0.05) is 73.2 Å². The average molecular weight is 857 g/mol. The van der Waals surface area contributed by atoms with Crippen LogP contribution >= 0.6 is 0 Å². The van der Waals surface area contributed by atoms with Gasteiger partial charge in [-0.25, -0.2) is 14.6 Å². The van der Waals surface area contributed by atoms with Gasteiger partial charge in [0.05, 0.1) is 37.8 Å². The quantitative estimate of drug-likeness (QED) is 0.113. The predicted octanol–water partition coefficient (Wildman–Crippen LogP) is 8.17. The first-order valence-electron chi connectivity index (χ1n) is 21.8. The Balaban J connectivity index is 1.10. The van der Waals surface area contributed by atoms with Crippen molar-refractivity contribution in [3.8, 4) is 0 Å². The molecule has 1 aromatic heterocycles. The van der Waals surface area contributed by atoms with Crippen LogP contribution in [-0.4, -0.2) is 95.9 Å². The number of methoxy groups -OCH3 is 2. The first-order chi connectivity index (χ1) is 30.2. The van der Waals surface area contributed by atoms with Gasteiger partial charge in [-0.15, -0.1) is 0 Å². The van der Waals surface area contributed by atoms with Crippen LogP contribution in [0.15, 0.2) is 89.6 Å². The fourth-order valence-electron chi connectivity index (χ4n) is 9.19. The molecule has 4 amide bonds. The zero-order valence-electron chi connectivity index (χ0n) is 37.6. The van der Waals surface area contributed by atoms with E-state index in [-0.39, 0.29) is 23.9 Å². The van der Waals surface area contributed by atoms with E-state index in [9.17, 15) is 19.2 Å². The number of carbonyl (C=O) groups is 4. The first kappa shape index (κ1) is 44.5. The number of hydrogen-bond acceptors (Lipinski definition) is 9. The van der Waals surface area contributed by atoms with Crippen molar-refractivity contribution in [1.29, 1.82) is 0 Å². The van der Waals surface area contributed by atoms with E-state index in [1.54, 1.807) is 22.0 Å². The molecule has 2 aromatic carbocycles. The van der Waals surface area contributed by atoms with Crippen LogP contribution in [0.3, 0.4) is 0 Å². The van der Waals surface area contributed by atoms with Crippen molar-refractivity contribution >= 4 is 57.3 Å². The average Bonchev–Trinajstić information content (AvgIpc) is 3.99. The normalized spacial score (nSPS) is 20.1. The van der Waals surface area contributed by atoms with Crippen molar-refractivity contribution < 1.29 is 28.7 Å². The van der Waals surface area contributed by atoms with Crippen LogP contribution in [0, 0.1) is 5.92 Å². The monoisotopic (exact) mass is 856 g/mol. The van der Waals surface area contributed by atoms with Gasteiger partial charge in [-0.05, 0) is 112 Å². The number of alkyl carbamates (subject to hydrolysis) is 2. The van der Waals surface area contributed by atoms with Crippen molar-refractivity contribution in [3.05, 3.63) is 112 Å². The standard InChI is InChI=1S/C49H60N8O6/c1-10-20-56(46(58)39(21-27(3)4)52-48(60)62-8)26-41-50-37-18-14-33-23-31(12-16-35(33)42(37)54-41)32-13-17-36-34(24-32)15-19-38-43(36)55-45(51-38)44-29(7)30(11-2)25-57(44)47(59)40(22-28(5)6)53-49(61)63-9/h11-14,16-18,21-23,34,39-41,44,50,54H,7,10,15,19-20,24-26H2,1-6,8-9H3,(H,51,55)(H,52,60)(H,53,61). The van der Waals surface area contributed by atoms with E-state index < -0.39 is 30.3 Å². The van der Waals surface area contributed by atoms with Gasteiger partial charge in [-0.3, -0.25) is 9.59 Å². The number of aromatic nitrogens is 2. The molecule has 0 bridgehead atoms. The molecule has 3 aromatic rings. The number of allylic oxidation sites excluding steroid dienone is 7. The number of hydrogen-bond donors (Lipinski definition) is 5. The largest absolute Gasteiger partial charge is 0.453 e. The summed E-state index contributed by atoms with van der Waals surface area (Å²) in [6.45, 7) is 17.2. The third-order valence-electron chi connectivity index (χ3n) is 12.2. The SMILES string of the molecule is C=C1C(=CC)CN(C(=O)C(C=C(C)C)NC(=O)OC)C1c1nc2c([nH]1)CCC1CC(c3ccc4c5c(ccc4c3)NC(CN(CCC)C(=O)C(C=C(C)C)NC(=O)OC)N5)=CC=C21. The summed E-state index contributed by atoms with van der Waals surface area (Å²) in [7, 11) is 2.57. The highest BCUT2D eigenvalue weighted by Gasteiger charge is 2.42. The van der Waals surface area contributed by atoms with E-state index >= 15 is 0 Å². The summed E-state index contributed by atoms with van der Waals surface area (Å²) in [5.74, 6) is 0.490. The van der Waals surface area contributed by atoms with Crippen molar-refractivity contribution in [1.82, 2.24) is 30.4 Å². The Morgan fingerprint density at radius 2 is 1.70 bits per heavy atom. The maximum absolute atomic E-state index is 14.1. The number of rotatable bonds is 12. The lowest BCUT2D eigenvalue weighted by molar-refractivity contribution is -0.133. The number of amides is 4. The van der Waals surface area contributed by atoms with Crippen LogP contribution in [0.1, 0.15) is 89.6 Å². The Labute approximate surface area is 369 Å². The zero-order chi connectivity index (χ0) is 45.1. The number of likely N-dealkylation sites (tertiary alicyclic amines) is 1. The molecular formula is C49H60N8O6. The van der Waals surface area contributed by atoms with Crippen molar-refractivity contribution in [2.24, 2.45) is 5.92 Å². The van der Waals surface area contributed by atoms with Crippen LogP contribution in [0.4, 0.5) is 21.0 Å². The molecule has 4 aliphatic rings. The molecule has 332 valence electrons. The Morgan fingerprint density at radius 3 is 2.38 bits per heavy atom. The van der Waals surface area contributed by atoms with Gasteiger partial charge < -0.3 is 45.5 Å². The lowest BCUT2D eigenvalue weighted by Gasteiger charge is -2.29. The van der Waals surface area contributed by atoms with Gasteiger partial charge in [-0.2, -0.15) is 0 Å². The zero-order valence-corrected chi connectivity index (χ0v) is 37.6. The minimum atomic E-state index is -0.905. The van der Waals surface area contributed by atoms with E-state index in [4.69, 9.17) is 14.5 Å². The third kappa shape index (κ3) is 9.30. The molecule has 7 rings (SSSR count). The summed E-state index contributed by atoms with van der Waals surface area (Å²) in [5, 5.41) is 14.8. The number of nitrogens with one attached hydrogen (secondary N) is 5. The van der Waals surface area contributed by atoms with Crippen LogP contribution < -0.4 is 21.3 Å². The minimum Gasteiger partial charge on any atom is -0.453 e. The van der Waals surface area contributed by atoms with Crippen LogP contribution in [0.2, 0.25) is 0 Å². The third-order valence-corrected chi connectivity index (χ3v) is 12.2. The highest BCUT2D eigenvalue weighted by atomic mass is 16.5. The second kappa shape index (κ2) is 18.8. The van der Waals surface area contributed by atoms with Crippen LogP contribution in [0.5, 0.6) is 0 Å². The Hall–Kier alpha value is -6.57. The highest BCUT2D eigenvalue weighted by Crippen LogP contribution is 2.46. The molecule has 5 atom stereocenters. The first-order valence-corrected chi connectivity index (χ1v) is 21.8. The van der Waals surface area contributed by atoms with Crippen LogP contribution in [0.25, 0.3) is 21.9 Å². The van der Waals surface area contributed by atoms with Gasteiger partial charge in [0.15, 0.2) is 0 Å². The summed E-state index contributed by atoms with van der Waals surface area (Å²) in [4.78, 5) is 64.5. The van der Waals surface area contributed by atoms with Gasteiger partial charge in [0.25, 0.3) is 0 Å². The number of carbonyl (C=O) groups excluding carboxylic acids is 4. The van der Waals surface area contributed by atoms with Gasteiger partial charge in [0.2, 0.25) is 11.8 Å². The summed E-state index contributed by atoms with van der Waals surface area (Å²) in [5.41, 5.74) is 11.1. The van der Waals surface area contributed by atoms with Gasteiger partial charge >= 0.3 is 12.2 Å². The van der Waals surface area contributed by atoms with Gasteiger partial charge in [0, 0.05) is 24.2 Å². The molecule has 5 unspecified atom stereocenters. The molecule has 14 heteroatoms. The Kier molecular flexibility index (Phi) is 13.3. The molecule has 2 aliphatic heterocycles. The highest BCUT2D eigenvalue weighted by molar-refractivity contribution is 6.03. The fraction of sp³-hybridized carbons (Fsp3) is 0.408. The topological polar surface area (TPSA) is 170 Å². The lowest BCUT2D eigenvalue weighted by atomic mass is 9.76. The number of ether oxygens (including phenoxy) is 2. The second-order valence-electron chi connectivity index (χ2n) is 17.2. The molecular weight excluding hydrogens is 797 g/mol. The van der Waals surface area contributed by atoms with E-state index in [1.165, 1.54) is 30.9 Å². The molecule has 1 fully saturated rings. The number of aryl methyl sites for hydroxylation is 1. The smallest absolute Gasteiger partial charge is 0.407 e. The molecule has 63 heavy (non-hydrogen) atoms. The molecule has 1 saturated heterocycles. The Bertz CT molecular complexity index is 2480. The number of fused-ring (bicyclic) bond motifs is 6. The summed E-state index contributed by atoms with van der Waals surface area (Å²) in [6.07, 6.45) is 11.7. The predicted molar refractivity (Wildman–Crippen MR) is 248 cm³/mol. The number of nitrogens with zero attached hydrogens (tertiary/aromatic N) is 3. The van der Waals surface area contributed by atoms with Crippen molar-refractivity contribution in [3.63, 3.8) is 0 Å². The number of benzene rings is 2. The molecule has 0 saturated carbocycles. The van der Waals surface area contributed by atoms with Crippen molar-refractivity contribution in [2.75, 3.05) is 44.5 Å². The summed E-state index contributed by atoms with van der Waals surface area (Å²) in [6, 6.07) is 8.58. The maximum Gasteiger partial charge on any atom is 0.407 e. The molecule has 3 heterocycles. The number of H-pyrrole nitrogens is 1. The molecule has 0 spiro atoms. The number of anilines is 2. The number of imidazole rings is 1. The maximum atomic E-state index is 14.1. The molecule has 0 radical (unpaired) electrons. The Morgan fingerprint density at radius 1 is 0.984 bits per heavy atom. The van der Waals surface area contributed by atoms with E-state index in [2.05, 4.69) is 75.3 Å².